The van der Waals surface area contributed by atoms with E-state index in [1.54, 1.807) is 0 Å². The molecule has 0 spiro atoms. The maximum Gasteiger partial charge on any atom is 0.142 e. The summed E-state index contributed by atoms with van der Waals surface area (Å²) >= 11 is 0. The molecule has 0 fully saturated rings. The zero-order valence-corrected chi connectivity index (χ0v) is 12.4. The predicted molar refractivity (Wildman–Crippen MR) is 83.1 cm³/mol. The molecule has 1 N–H and O–H groups in total. The van der Waals surface area contributed by atoms with Crippen LogP contribution in [0.25, 0.3) is 0 Å². The molecule has 0 bridgehead atoms. The highest BCUT2D eigenvalue weighted by Crippen LogP contribution is 2.29. The summed E-state index contributed by atoms with van der Waals surface area (Å²) in [5.41, 5.74) is 2.42. The van der Waals surface area contributed by atoms with Gasteiger partial charge in [-0.3, -0.25) is 0 Å². The van der Waals surface area contributed by atoms with Crippen molar-refractivity contribution in [3.8, 4) is 5.75 Å². The van der Waals surface area contributed by atoms with Gasteiger partial charge in [0.1, 0.15) is 5.75 Å². The monoisotopic (exact) mass is 262 g/mol. The molecule has 0 unspecified atom stereocenters. The summed E-state index contributed by atoms with van der Waals surface area (Å²) in [6, 6.07) is 6.45. The van der Waals surface area contributed by atoms with Crippen molar-refractivity contribution in [2.45, 2.75) is 27.3 Å². The number of ether oxygens (including phenoxy) is 1. The summed E-state index contributed by atoms with van der Waals surface area (Å²) in [5, 5.41) is 3.31. The van der Waals surface area contributed by atoms with Gasteiger partial charge in [-0.05, 0) is 38.5 Å². The van der Waals surface area contributed by atoms with Gasteiger partial charge < -0.3 is 15.0 Å². The van der Waals surface area contributed by atoms with E-state index >= 15 is 0 Å². The molecule has 1 rings (SSSR count). The van der Waals surface area contributed by atoms with E-state index in [1.807, 2.05) is 13.0 Å². The van der Waals surface area contributed by atoms with Gasteiger partial charge in [0.2, 0.25) is 0 Å². The lowest BCUT2D eigenvalue weighted by Gasteiger charge is -2.24. The van der Waals surface area contributed by atoms with Crippen LogP contribution in [0.5, 0.6) is 5.75 Å². The fraction of sp³-hybridized carbons (Fsp3) is 0.500. The van der Waals surface area contributed by atoms with Crippen LogP contribution in [0.1, 0.15) is 26.3 Å². The first kappa shape index (κ1) is 15.6. The van der Waals surface area contributed by atoms with Crippen molar-refractivity contribution in [1.29, 1.82) is 0 Å². The van der Waals surface area contributed by atoms with Crippen LogP contribution in [0.2, 0.25) is 0 Å². The van der Waals surface area contributed by atoms with Gasteiger partial charge in [-0.1, -0.05) is 12.1 Å². The summed E-state index contributed by atoms with van der Waals surface area (Å²) in [6.07, 6.45) is 1.87. The summed E-state index contributed by atoms with van der Waals surface area (Å²) < 4.78 is 5.78. The highest BCUT2D eigenvalue weighted by molar-refractivity contribution is 5.59. The van der Waals surface area contributed by atoms with E-state index in [4.69, 9.17) is 4.74 Å². The maximum atomic E-state index is 5.78. The van der Waals surface area contributed by atoms with Crippen molar-refractivity contribution in [1.82, 2.24) is 5.32 Å². The fourth-order valence-corrected chi connectivity index (χ4v) is 2.08. The van der Waals surface area contributed by atoms with Gasteiger partial charge in [-0.15, -0.1) is 6.58 Å². The molecule has 3 heteroatoms. The van der Waals surface area contributed by atoms with E-state index in [0.29, 0.717) is 6.61 Å². The van der Waals surface area contributed by atoms with Crippen LogP contribution >= 0.6 is 0 Å². The van der Waals surface area contributed by atoms with Crippen LogP contribution in [0.4, 0.5) is 5.69 Å². The Hall–Kier alpha value is -1.48. The molecule has 0 heterocycles. The summed E-state index contributed by atoms with van der Waals surface area (Å²) in [7, 11) is 0. The molecule has 0 aliphatic rings. The summed E-state index contributed by atoms with van der Waals surface area (Å²) in [5.74, 6) is 0.976. The molecule has 106 valence electrons. The van der Waals surface area contributed by atoms with Crippen molar-refractivity contribution in [3.63, 3.8) is 0 Å². The molecule has 1 aromatic carbocycles. The first-order valence-corrected chi connectivity index (χ1v) is 7.09. The predicted octanol–water partition coefficient (Wildman–Crippen LogP) is 3.21. The van der Waals surface area contributed by atoms with E-state index < -0.39 is 0 Å². The molecular formula is C16H26N2O. The molecule has 0 saturated heterocycles. The number of hydrogen-bond donors (Lipinski definition) is 1. The zero-order chi connectivity index (χ0) is 14.1. The summed E-state index contributed by atoms with van der Waals surface area (Å²) in [6.45, 7) is 14.4. The SMILES string of the molecule is C=CCNCc1ccc(N(CC)CC)c(OCC)c1. The minimum absolute atomic E-state index is 0.692. The normalized spacial score (nSPS) is 10.3. The Labute approximate surface area is 117 Å². The van der Waals surface area contributed by atoms with Crippen LogP contribution in [0, 0.1) is 0 Å². The van der Waals surface area contributed by atoms with Gasteiger partial charge in [0, 0.05) is 26.2 Å². The zero-order valence-electron chi connectivity index (χ0n) is 12.4. The van der Waals surface area contributed by atoms with E-state index in [0.717, 1.165) is 31.9 Å². The first-order chi connectivity index (χ1) is 9.26. The molecule has 3 nitrogen and oxygen atoms in total. The van der Waals surface area contributed by atoms with E-state index in [-0.39, 0.29) is 0 Å². The van der Waals surface area contributed by atoms with Crippen molar-refractivity contribution in [2.75, 3.05) is 31.1 Å². The second kappa shape index (κ2) is 8.59. The lowest BCUT2D eigenvalue weighted by atomic mass is 10.1. The third-order valence-corrected chi connectivity index (χ3v) is 3.05. The van der Waals surface area contributed by atoms with Gasteiger partial charge in [-0.2, -0.15) is 0 Å². The van der Waals surface area contributed by atoms with Gasteiger partial charge in [0.25, 0.3) is 0 Å². The molecule has 0 amide bonds. The van der Waals surface area contributed by atoms with Crippen LogP contribution in [-0.4, -0.2) is 26.2 Å². The van der Waals surface area contributed by atoms with E-state index in [9.17, 15) is 0 Å². The molecule has 1 aromatic rings. The quantitative estimate of drug-likeness (QED) is 0.546. The maximum absolute atomic E-state index is 5.78. The Morgan fingerprint density at radius 3 is 2.58 bits per heavy atom. The fourth-order valence-electron chi connectivity index (χ4n) is 2.08. The van der Waals surface area contributed by atoms with Crippen LogP contribution in [-0.2, 0) is 6.54 Å². The molecular weight excluding hydrogens is 236 g/mol. The Balaban J connectivity index is 2.89. The minimum atomic E-state index is 0.692. The molecule has 0 aliphatic carbocycles. The third kappa shape index (κ3) is 4.60. The highest BCUT2D eigenvalue weighted by atomic mass is 16.5. The topological polar surface area (TPSA) is 24.5 Å². The van der Waals surface area contributed by atoms with Crippen molar-refractivity contribution < 1.29 is 4.74 Å². The average molecular weight is 262 g/mol. The van der Waals surface area contributed by atoms with Crippen molar-refractivity contribution in [3.05, 3.63) is 36.4 Å². The molecule has 0 radical (unpaired) electrons. The third-order valence-electron chi connectivity index (χ3n) is 3.05. The number of hydrogen-bond acceptors (Lipinski definition) is 3. The number of rotatable bonds is 9. The molecule has 0 aliphatic heterocycles. The second-order valence-electron chi connectivity index (χ2n) is 4.33. The lowest BCUT2D eigenvalue weighted by molar-refractivity contribution is 0.340. The smallest absolute Gasteiger partial charge is 0.142 e. The van der Waals surface area contributed by atoms with Crippen molar-refractivity contribution >= 4 is 5.69 Å². The largest absolute Gasteiger partial charge is 0.492 e. The van der Waals surface area contributed by atoms with Crippen molar-refractivity contribution in [2.24, 2.45) is 0 Å². The van der Waals surface area contributed by atoms with Crippen LogP contribution < -0.4 is 15.0 Å². The first-order valence-electron chi connectivity index (χ1n) is 7.09. The average Bonchev–Trinajstić information content (AvgIpc) is 2.43. The van der Waals surface area contributed by atoms with Crippen LogP contribution in [0.3, 0.4) is 0 Å². The number of benzene rings is 1. The van der Waals surface area contributed by atoms with Gasteiger partial charge in [0.15, 0.2) is 0 Å². The second-order valence-corrected chi connectivity index (χ2v) is 4.33. The number of anilines is 1. The molecule has 0 saturated carbocycles. The number of nitrogens with one attached hydrogen (secondary N) is 1. The van der Waals surface area contributed by atoms with Gasteiger partial charge in [0.05, 0.1) is 12.3 Å². The minimum Gasteiger partial charge on any atom is -0.492 e. The Kier molecular flexibility index (Phi) is 7.04. The Morgan fingerprint density at radius 2 is 2.00 bits per heavy atom. The molecule has 0 atom stereocenters. The highest BCUT2D eigenvalue weighted by Gasteiger charge is 2.10. The molecule has 19 heavy (non-hydrogen) atoms. The van der Waals surface area contributed by atoms with Gasteiger partial charge >= 0.3 is 0 Å². The van der Waals surface area contributed by atoms with Gasteiger partial charge in [-0.25, -0.2) is 0 Å². The van der Waals surface area contributed by atoms with Crippen LogP contribution in [0.15, 0.2) is 30.9 Å². The molecule has 0 aromatic heterocycles. The number of nitrogens with zero attached hydrogens (tertiary/aromatic N) is 1. The standard InChI is InChI=1S/C16H26N2O/c1-5-11-17-13-14-9-10-15(18(6-2)7-3)16(12-14)19-8-4/h5,9-10,12,17H,1,6-8,11,13H2,2-4H3. The van der Waals surface area contributed by atoms with E-state index in [2.05, 4.69) is 48.8 Å². The Morgan fingerprint density at radius 1 is 1.26 bits per heavy atom. The summed E-state index contributed by atoms with van der Waals surface area (Å²) in [4.78, 5) is 2.31. The van der Waals surface area contributed by atoms with E-state index in [1.165, 1.54) is 11.3 Å². The lowest BCUT2D eigenvalue weighted by Crippen LogP contribution is -2.22. The Bertz CT molecular complexity index is 386.